The zero-order valence-electron chi connectivity index (χ0n) is 10.2. The summed E-state index contributed by atoms with van der Waals surface area (Å²) in [5.74, 6) is -1.76. The SMILES string of the molecule is Cc1c(Cl)cccc1N1C(=O)CC(C(=O)O)C1C. The molecule has 96 valence electrons. The molecule has 1 amide bonds. The van der Waals surface area contributed by atoms with Crippen LogP contribution in [0.5, 0.6) is 0 Å². The molecular formula is C13H14ClNO3. The van der Waals surface area contributed by atoms with Crippen molar-refractivity contribution in [2.75, 3.05) is 4.90 Å². The fourth-order valence-electron chi connectivity index (χ4n) is 2.37. The van der Waals surface area contributed by atoms with Gasteiger partial charge in [-0.1, -0.05) is 17.7 Å². The van der Waals surface area contributed by atoms with E-state index >= 15 is 0 Å². The van der Waals surface area contributed by atoms with E-state index in [1.165, 1.54) is 0 Å². The highest BCUT2D eigenvalue weighted by molar-refractivity contribution is 6.31. The number of carbonyl (C=O) groups excluding carboxylic acids is 1. The van der Waals surface area contributed by atoms with E-state index in [0.29, 0.717) is 10.7 Å². The third-order valence-electron chi connectivity index (χ3n) is 3.47. The van der Waals surface area contributed by atoms with Crippen LogP contribution in [0, 0.1) is 12.8 Å². The summed E-state index contributed by atoms with van der Waals surface area (Å²) in [6.45, 7) is 3.58. The molecule has 0 spiro atoms. The van der Waals surface area contributed by atoms with Crippen LogP contribution in [0.25, 0.3) is 0 Å². The van der Waals surface area contributed by atoms with E-state index in [1.54, 1.807) is 30.0 Å². The molecule has 1 fully saturated rings. The Kier molecular flexibility index (Phi) is 3.30. The quantitative estimate of drug-likeness (QED) is 0.896. The number of hydrogen-bond acceptors (Lipinski definition) is 2. The molecule has 18 heavy (non-hydrogen) atoms. The van der Waals surface area contributed by atoms with Crippen molar-refractivity contribution < 1.29 is 14.7 Å². The zero-order valence-corrected chi connectivity index (χ0v) is 10.9. The minimum atomic E-state index is -0.932. The van der Waals surface area contributed by atoms with Gasteiger partial charge in [0.2, 0.25) is 5.91 Å². The summed E-state index contributed by atoms with van der Waals surface area (Å²) in [5.41, 5.74) is 1.49. The van der Waals surface area contributed by atoms with Crippen molar-refractivity contribution in [3.05, 3.63) is 28.8 Å². The van der Waals surface area contributed by atoms with Gasteiger partial charge in [-0.25, -0.2) is 0 Å². The van der Waals surface area contributed by atoms with E-state index in [9.17, 15) is 9.59 Å². The van der Waals surface area contributed by atoms with E-state index in [4.69, 9.17) is 16.7 Å². The minimum Gasteiger partial charge on any atom is -0.481 e. The first-order valence-electron chi connectivity index (χ1n) is 5.73. The van der Waals surface area contributed by atoms with Gasteiger partial charge in [-0.05, 0) is 31.5 Å². The monoisotopic (exact) mass is 267 g/mol. The normalized spacial score (nSPS) is 23.5. The molecule has 0 aliphatic carbocycles. The summed E-state index contributed by atoms with van der Waals surface area (Å²) < 4.78 is 0. The van der Waals surface area contributed by atoms with Crippen molar-refractivity contribution in [1.29, 1.82) is 0 Å². The lowest BCUT2D eigenvalue weighted by Crippen LogP contribution is -2.35. The largest absolute Gasteiger partial charge is 0.481 e. The summed E-state index contributed by atoms with van der Waals surface area (Å²) in [4.78, 5) is 24.6. The van der Waals surface area contributed by atoms with Gasteiger partial charge in [0.05, 0.1) is 5.92 Å². The van der Waals surface area contributed by atoms with Gasteiger partial charge in [-0.3, -0.25) is 9.59 Å². The maximum atomic E-state index is 12.0. The fraction of sp³-hybridized carbons (Fsp3) is 0.385. The Morgan fingerprint density at radius 1 is 1.50 bits per heavy atom. The number of nitrogens with zero attached hydrogens (tertiary/aromatic N) is 1. The summed E-state index contributed by atoms with van der Waals surface area (Å²) in [6, 6.07) is 4.95. The Bertz CT molecular complexity index is 515. The van der Waals surface area contributed by atoms with Crippen LogP contribution in [0.4, 0.5) is 5.69 Å². The van der Waals surface area contributed by atoms with Crippen LogP contribution in [-0.2, 0) is 9.59 Å². The van der Waals surface area contributed by atoms with Gasteiger partial charge < -0.3 is 10.0 Å². The number of halogens is 1. The average Bonchev–Trinajstić information content (AvgIpc) is 2.59. The molecule has 1 aromatic rings. The van der Waals surface area contributed by atoms with Crippen LogP contribution in [0.2, 0.25) is 5.02 Å². The summed E-state index contributed by atoms with van der Waals surface area (Å²) in [6.07, 6.45) is 0.0441. The Balaban J connectivity index is 2.42. The van der Waals surface area contributed by atoms with Gasteiger partial charge in [-0.15, -0.1) is 0 Å². The fourth-order valence-corrected chi connectivity index (χ4v) is 2.54. The van der Waals surface area contributed by atoms with Crippen LogP contribution in [0.3, 0.4) is 0 Å². The number of rotatable bonds is 2. The van der Waals surface area contributed by atoms with E-state index in [1.807, 2.05) is 6.92 Å². The number of carboxylic acids is 1. The maximum Gasteiger partial charge on any atom is 0.309 e. The van der Waals surface area contributed by atoms with Crippen LogP contribution >= 0.6 is 11.6 Å². The summed E-state index contributed by atoms with van der Waals surface area (Å²) in [7, 11) is 0. The molecule has 1 aliphatic heterocycles. The molecule has 1 heterocycles. The number of carboxylic acid groups (broad SMARTS) is 1. The number of hydrogen-bond donors (Lipinski definition) is 1. The molecule has 1 aromatic carbocycles. The van der Waals surface area contributed by atoms with Crippen molar-refractivity contribution in [2.24, 2.45) is 5.92 Å². The second-order valence-corrected chi connectivity index (χ2v) is 4.94. The van der Waals surface area contributed by atoms with Crippen LogP contribution in [0.15, 0.2) is 18.2 Å². The van der Waals surface area contributed by atoms with Gasteiger partial charge in [0.15, 0.2) is 0 Å². The maximum absolute atomic E-state index is 12.0. The Hall–Kier alpha value is -1.55. The number of aliphatic carboxylic acids is 1. The van der Waals surface area contributed by atoms with Gasteiger partial charge in [0, 0.05) is 23.2 Å². The van der Waals surface area contributed by atoms with Crippen LogP contribution in [0.1, 0.15) is 18.9 Å². The first kappa shape index (κ1) is 12.9. The Morgan fingerprint density at radius 2 is 2.17 bits per heavy atom. The molecule has 1 aliphatic rings. The standard InChI is InChI=1S/C13H14ClNO3/c1-7-10(14)4-3-5-11(7)15-8(2)9(13(17)18)6-12(15)16/h3-5,8-9H,6H2,1-2H3,(H,17,18). The smallest absolute Gasteiger partial charge is 0.309 e. The predicted molar refractivity (Wildman–Crippen MR) is 68.9 cm³/mol. The van der Waals surface area contributed by atoms with E-state index in [2.05, 4.69) is 0 Å². The van der Waals surface area contributed by atoms with Gasteiger partial charge in [0.25, 0.3) is 0 Å². The van der Waals surface area contributed by atoms with Crippen molar-refractivity contribution in [3.63, 3.8) is 0 Å². The lowest BCUT2D eigenvalue weighted by molar-refractivity contribution is -0.142. The highest BCUT2D eigenvalue weighted by atomic mass is 35.5. The lowest BCUT2D eigenvalue weighted by Gasteiger charge is -2.25. The molecule has 0 radical (unpaired) electrons. The summed E-state index contributed by atoms with van der Waals surface area (Å²) in [5, 5.41) is 9.66. The number of benzene rings is 1. The molecule has 0 aromatic heterocycles. The average molecular weight is 268 g/mol. The summed E-state index contributed by atoms with van der Waals surface area (Å²) >= 11 is 6.03. The second kappa shape index (κ2) is 4.61. The molecule has 5 heteroatoms. The van der Waals surface area contributed by atoms with Gasteiger partial charge in [-0.2, -0.15) is 0 Å². The molecule has 0 bridgehead atoms. The number of amides is 1. The zero-order chi connectivity index (χ0) is 13.4. The molecular weight excluding hydrogens is 254 g/mol. The highest BCUT2D eigenvalue weighted by Gasteiger charge is 2.42. The first-order valence-corrected chi connectivity index (χ1v) is 6.11. The Labute approximate surface area is 110 Å². The molecule has 2 rings (SSSR count). The van der Waals surface area contributed by atoms with Crippen molar-refractivity contribution in [1.82, 2.24) is 0 Å². The predicted octanol–water partition coefficient (Wildman–Crippen LogP) is 2.47. The highest BCUT2D eigenvalue weighted by Crippen LogP contribution is 2.35. The van der Waals surface area contributed by atoms with Crippen molar-refractivity contribution >= 4 is 29.2 Å². The van der Waals surface area contributed by atoms with Gasteiger partial charge in [0.1, 0.15) is 0 Å². The van der Waals surface area contributed by atoms with E-state index < -0.39 is 11.9 Å². The molecule has 0 saturated carbocycles. The number of carbonyl (C=O) groups is 2. The molecule has 1 saturated heterocycles. The van der Waals surface area contributed by atoms with Crippen LogP contribution < -0.4 is 4.90 Å². The lowest BCUT2D eigenvalue weighted by atomic mass is 10.0. The molecule has 4 nitrogen and oxygen atoms in total. The second-order valence-electron chi connectivity index (χ2n) is 4.54. The Morgan fingerprint density at radius 3 is 2.72 bits per heavy atom. The molecule has 2 atom stereocenters. The molecule has 1 N–H and O–H groups in total. The topological polar surface area (TPSA) is 57.6 Å². The number of anilines is 1. The van der Waals surface area contributed by atoms with E-state index in [-0.39, 0.29) is 18.4 Å². The van der Waals surface area contributed by atoms with Crippen molar-refractivity contribution in [3.8, 4) is 0 Å². The molecule has 2 unspecified atom stereocenters. The van der Waals surface area contributed by atoms with Crippen LogP contribution in [-0.4, -0.2) is 23.0 Å². The third kappa shape index (κ3) is 1.97. The first-order chi connectivity index (χ1) is 8.43. The van der Waals surface area contributed by atoms with Gasteiger partial charge >= 0.3 is 5.97 Å². The van der Waals surface area contributed by atoms with Crippen molar-refractivity contribution in [2.45, 2.75) is 26.3 Å². The minimum absolute atomic E-state index is 0.0441. The van der Waals surface area contributed by atoms with E-state index in [0.717, 1.165) is 5.56 Å². The third-order valence-corrected chi connectivity index (χ3v) is 3.88.